The summed E-state index contributed by atoms with van der Waals surface area (Å²) in [4.78, 5) is 30.9. The molecule has 0 atom stereocenters. The summed E-state index contributed by atoms with van der Waals surface area (Å²) in [5, 5.41) is 8.90. The van der Waals surface area contributed by atoms with E-state index in [1.165, 1.54) is 18.5 Å². The molecule has 1 aliphatic rings. The Bertz CT molecular complexity index is 482. The maximum absolute atomic E-state index is 12.2. The number of carboxylic acids is 1. The summed E-state index contributed by atoms with van der Waals surface area (Å²) in [5.74, 6) is -1.22. The second-order valence-corrected chi connectivity index (χ2v) is 4.49. The fourth-order valence-electron chi connectivity index (χ4n) is 2.12. The molecule has 1 saturated heterocycles. The highest BCUT2D eigenvalue weighted by Crippen LogP contribution is 2.09. The number of likely N-dealkylation sites (N-methyl/N-ethyl adjacent to an activating group) is 1. The summed E-state index contributed by atoms with van der Waals surface area (Å²) in [5.41, 5.74) is 0.378. The number of rotatable bonds is 3. The van der Waals surface area contributed by atoms with Gasteiger partial charge in [0.1, 0.15) is 0 Å². The Morgan fingerprint density at radius 3 is 2.42 bits per heavy atom. The van der Waals surface area contributed by atoms with Crippen LogP contribution >= 0.6 is 0 Å². The first-order chi connectivity index (χ1) is 9.11. The summed E-state index contributed by atoms with van der Waals surface area (Å²) in [7, 11) is 0. The molecule has 0 saturated carbocycles. The second kappa shape index (κ2) is 5.79. The molecule has 6 nitrogen and oxygen atoms in total. The number of aromatic carboxylic acids is 1. The Balaban J connectivity index is 2.08. The van der Waals surface area contributed by atoms with Gasteiger partial charge in [-0.3, -0.25) is 9.78 Å². The molecule has 6 heteroatoms. The number of hydrogen-bond donors (Lipinski definition) is 1. The smallest absolute Gasteiger partial charge is 0.337 e. The summed E-state index contributed by atoms with van der Waals surface area (Å²) in [6.45, 7) is 6.13. The van der Waals surface area contributed by atoms with E-state index in [4.69, 9.17) is 5.11 Å². The molecule has 1 amide bonds. The number of piperazine rings is 1. The van der Waals surface area contributed by atoms with E-state index < -0.39 is 5.97 Å². The first kappa shape index (κ1) is 13.5. The van der Waals surface area contributed by atoms with Crippen LogP contribution in [0.3, 0.4) is 0 Å². The Hall–Kier alpha value is -1.95. The zero-order valence-corrected chi connectivity index (χ0v) is 10.9. The van der Waals surface area contributed by atoms with Crippen molar-refractivity contribution in [1.82, 2.24) is 14.8 Å². The number of aromatic nitrogens is 1. The highest BCUT2D eigenvalue weighted by Gasteiger charge is 2.22. The molecular formula is C13H17N3O3. The zero-order chi connectivity index (χ0) is 13.8. The van der Waals surface area contributed by atoms with E-state index in [0.29, 0.717) is 18.7 Å². The van der Waals surface area contributed by atoms with Gasteiger partial charge < -0.3 is 14.9 Å². The quantitative estimate of drug-likeness (QED) is 0.862. The SMILES string of the molecule is CCN1CCN(C(=O)c2cncc(C(=O)O)c2)CC1. The molecule has 2 rings (SSSR count). The molecule has 19 heavy (non-hydrogen) atoms. The number of nitrogens with zero attached hydrogens (tertiary/aromatic N) is 3. The van der Waals surface area contributed by atoms with Gasteiger partial charge in [-0.05, 0) is 12.6 Å². The molecule has 2 heterocycles. The minimum Gasteiger partial charge on any atom is -0.478 e. The third-order valence-electron chi connectivity index (χ3n) is 3.34. The van der Waals surface area contributed by atoms with Crippen molar-refractivity contribution in [3.8, 4) is 0 Å². The largest absolute Gasteiger partial charge is 0.478 e. The summed E-state index contributed by atoms with van der Waals surface area (Å²) < 4.78 is 0. The van der Waals surface area contributed by atoms with Crippen LogP contribution in [0.15, 0.2) is 18.5 Å². The average Bonchev–Trinajstić information content (AvgIpc) is 2.46. The van der Waals surface area contributed by atoms with Crippen LogP contribution in [0.2, 0.25) is 0 Å². The van der Waals surface area contributed by atoms with Gasteiger partial charge in [-0.1, -0.05) is 6.92 Å². The number of carbonyl (C=O) groups is 2. The van der Waals surface area contributed by atoms with Crippen LogP contribution in [-0.2, 0) is 0 Å². The molecule has 0 aromatic carbocycles. The maximum Gasteiger partial charge on any atom is 0.337 e. The number of pyridine rings is 1. The van der Waals surface area contributed by atoms with Gasteiger partial charge in [-0.15, -0.1) is 0 Å². The number of hydrogen-bond acceptors (Lipinski definition) is 4. The van der Waals surface area contributed by atoms with Crippen molar-refractivity contribution in [3.05, 3.63) is 29.6 Å². The van der Waals surface area contributed by atoms with Gasteiger partial charge in [-0.2, -0.15) is 0 Å². The van der Waals surface area contributed by atoms with Crippen molar-refractivity contribution in [2.75, 3.05) is 32.7 Å². The highest BCUT2D eigenvalue weighted by atomic mass is 16.4. The Morgan fingerprint density at radius 1 is 1.21 bits per heavy atom. The highest BCUT2D eigenvalue weighted by molar-refractivity contribution is 5.97. The van der Waals surface area contributed by atoms with Crippen molar-refractivity contribution in [2.24, 2.45) is 0 Å². The van der Waals surface area contributed by atoms with Gasteiger partial charge >= 0.3 is 5.97 Å². The summed E-state index contributed by atoms with van der Waals surface area (Å²) >= 11 is 0. The number of carbonyl (C=O) groups excluding carboxylic acids is 1. The third kappa shape index (κ3) is 3.08. The lowest BCUT2D eigenvalue weighted by atomic mass is 10.1. The minimum atomic E-state index is -1.07. The van der Waals surface area contributed by atoms with E-state index in [2.05, 4.69) is 16.8 Å². The second-order valence-electron chi connectivity index (χ2n) is 4.49. The van der Waals surface area contributed by atoms with Gasteiger partial charge in [0.15, 0.2) is 0 Å². The molecule has 0 aliphatic carbocycles. The molecule has 0 unspecified atom stereocenters. The van der Waals surface area contributed by atoms with Gasteiger partial charge in [0.05, 0.1) is 11.1 Å². The van der Waals surface area contributed by atoms with Crippen LogP contribution < -0.4 is 0 Å². The summed E-state index contributed by atoms with van der Waals surface area (Å²) in [6, 6.07) is 1.38. The fraction of sp³-hybridized carbons (Fsp3) is 0.462. The predicted molar refractivity (Wildman–Crippen MR) is 69.2 cm³/mol. The van der Waals surface area contributed by atoms with E-state index in [0.717, 1.165) is 19.6 Å². The van der Waals surface area contributed by atoms with Crippen molar-refractivity contribution in [3.63, 3.8) is 0 Å². The Morgan fingerprint density at radius 2 is 1.84 bits per heavy atom. The van der Waals surface area contributed by atoms with Crippen molar-refractivity contribution in [1.29, 1.82) is 0 Å². The number of amides is 1. The predicted octanol–water partition coefficient (Wildman–Crippen LogP) is 0.557. The zero-order valence-electron chi connectivity index (χ0n) is 10.9. The first-order valence-electron chi connectivity index (χ1n) is 6.31. The molecule has 0 bridgehead atoms. The van der Waals surface area contributed by atoms with Crippen LogP contribution in [0.25, 0.3) is 0 Å². The van der Waals surface area contributed by atoms with Gasteiger partial charge in [0.25, 0.3) is 5.91 Å². The van der Waals surface area contributed by atoms with E-state index in [1.807, 2.05) is 0 Å². The lowest BCUT2D eigenvalue weighted by Crippen LogP contribution is -2.48. The minimum absolute atomic E-state index is 0.0399. The van der Waals surface area contributed by atoms with Crippen LogP contribution in [0.1, 0.15) is 27.6 Å². The molecule has 0 radical (unpaired) electrons. The standard InChI is InChI=1S/C13H17N3O3/c1-2-15-3-5-16(6-4-15)12(17)10-7-11(13(18)19)9-14-8-10/h7-9H,2-6H2,1H3,(H,18,19). The monoisotopic (exact) mass is 263 g/mol. The normalized spacial score (nSPS) is 16.4. The Kier molecular flexibility index (Phi) is 4.11. The lowest BCUT2D eigenvalue weighted by molar-refractivity contribution is 0.0643. The average molecular weight is 263 g/mol. The molecular weight excluding hydrogens is 246 g/mol. The third-order valence-corrected chi connectivity index (χ3v) is 3.34. The maximum atomic E-state index is 12.2. The molecule has 102 valence electrons. The molecule has 1 aliphatic heterocycles. The van der Waals surface area contributed by atoms with Gasteiger partial charge in [0, 0.05) is 38.6 Å². The first-order valence-corrected chi connectivity index (χ1v) is 6.31. The number of carboxylic acid groups (broad SMARTS) is 1. The van der Waals surface area contributed by atoms with Gasteiger partial charge in [-0.25, -0.2) is 4.79 Å². The van der Waals surface area contributed by atoms with E-state index in [9.17, 15) is 9.59 Å². The van der Waals surface area contributed by atoms with Crippen LogP contribution in [0.4, 0.5) is 0 Å². The van der Waals surface area contributed by atoms with E-state index >= 15 is 0 Å². The van der Waals surface area contributed by atoms with Crippen LogP contribution in [0, 0.1) is 0 Å². The molecule has 0 spiro atoms. The van der Waals surface area contributed by atoms with Crippen molar-refractivity contribution >= 4 is 11.9 Å². The molecule has 1 aromatic heterocycles. The molecule has 1 N–H and O–H groups in total. The lowest BCUT2D eigenvalue weighted by Gasteiger charge is -2.34. The van der Waals surface area contributed by atoms with Crippen molar-refractivity contribution in [2.45, 2.75) is 6.92 Å². The van der Waals surface area contributed by atoms with Gasteiger partial charge in [0.2, 0.25) is 0 Å². The van der Waals surface area contributed by atoms with E-state index in [-0.39, 0.29) is 11.5 Å². The Labute approximate surface area is 111 Å². The topological polar surface area (TPSA) is 73.7 Å². The molecule has 1 aromatic rings. The fourth-order valence-corrected chi connectivity index (χ4v) is 2.12. The van der Waals surface area contributed by atoms with Crippen LogP contribution in [-0.4, -0.2) is 64.5 Å². The van der Waals surface area contributed by atoms with E-state index in [1.54, 1.807) is 4.90 Å². The summed E-state index contributed by atoms with van der Waals surface area (Å²) in [6.07, 6.45) is 2.66. The van der Waals surface area contributed by atoms with Crippen LogP contribution in [0.5, 0.6) is 0 Å². The molecule has 1 fully saturated rings. The van der Waals surface area contributed by atoms with Crippen molar-refractivity contribution < 1.29 is 14.7 Å².